The first-order chi connectivity index (χ1) is 12.6. The number of carbonyl (C=O) groups is 1. The van der Waals surface area contributed by atoms with Gasteiger partial charge in [-0.05, 0) is 47.9 Å². The highest BCUT2D eigenvalue weighted by Crippen LogP contribution is 2.31. The van der Waals surface area contributed by atoms with Crippen molar-refractivity contribution < 1.29 is 18.3 Å². The number of aromatic nitrogens is 1. The van der Waals surface area contributed by atoms with E-state index in [1.54, 1.807) is 18.3 Å². The van der Waals surface area contributed by atoms with Crippen LogP contribution in [0.5, 0.6) is 5.75 Å². The van der Waals surface area contributed by atoms with Crippen LogP contribution >= 0.6 is 11.6 Å². The van der Waals surface area contributed by atoms with Crippen molar-refractivity contribution in [2.24, 2.45) is 5.92 Å². The largest absolute Gasteiger partial charge is 0.493 e. The molecule has 0 N–H and O–H groups in total. The summed E-state index contributed by atoms with van der Waals surface area (Å²) in [4.78, 5) is 16.5. The van der Waals surface area contributed by atoms with E-state index < -0.39 is 0 Å². The first-order valence-electron chi connectivity index (χ1n) is 8.21. The Labute approximate surface area is 154 Å². The molecule has 0 spiro atoms. The van der Waals surface area contributed by atoms with E-state index >= 15 is 0 Å². The molecule has 1 atom stereocenters. The van der Waals surface area contributed by atoms with Gasteiger partial charge in [0.1, 0.15) is 17.3 Å². The highest BCUT2D eigenvalue weighted by atomic mass is 35.5. The second kappa shape index (κ2) is 6.92. The fourth-order valence-corrected chi connectivity index (χ4v) is 3.43. The summed E-state index contributed by atoms with van der Waals surface area (Å²) in [6, 6.07) is 9.81. The van der Waals surface area contributed by atoms with Gasteiger partial charge in [-0.1, -0.05) is 17.7 Å². The average molecular weight is 372 g/mol. The highest BCUT2D eigenvalue weighted by Gasteiger charge is 2.26. The van der Waals surface area contributed by atoms with E-state index in [-0.39, 0.29) is 23.9 Å². The van der Waals surface area contributed by atoms with Gasteiger partial charge in [-0.15, -0.1) is 0 Å². The lowest BCUT2D eigenvalue weighted by Crippen LogP contribution is -2.29. The Morgan fingerprint density at radius 1 is 1.27 bits per heavy atom. The van der Waals surface area contributed by atoms with Gasteiger partial charge in [0, 0.05) is 12.0 Å². The number of benzene rings is 2. The molecule has 2 aromatic carbocycles. The molecule has 0 amide bonds. The Morgan fingerprint density at radius 3 is 2.92 bits per heavy atom. The zero-order chi connectivity index (χ0) is 18.1. The average Bonchev–Trinajstić information content (AvgIpc) is 3.15. The molecule has 4 nitrogen and oxygen atoms in total. The number of Topliss-reactive ketones (excluding diaryl/α,β-unsaturated/α-hetero) is 1. The molecule has 0 saturated heterocycles. The summed E-state index contributed by atoms with van der Waals surface area (Å²) < 4.78 is 24.3. The third-order valence-electron chi connectivity index (χ3n) is 4.49. The zero-order valence-electron chi connectivity index (χ0n) is 13.7. The summed E-state index contributed by atoms with van der Waals surface area (Å²) in [6.45, 7) is 0.307. The second-order valence-corrected chi connectivity index (χ2v) is 6.69. The fourth-order valence-electron chi connectivity index (χ4n) is 3.13. The molecule has 0 fully saturated rings. The molecule has 2 heterocycles. The summed E-state index contributed by atoms with van der Waals surface area (Å²) in [7, 11) is 0. The van der Waals surface area contributed by atoms with Crippen LogP contribution in [-0.2, 0) is 17.6 Å². The molecule has 0 bridgehead atoms. The van der Waals surface area contributed by atoms with Gasteiger partial charge in [0.2, 0.25) is 0 Å². The van der Waals surface area contributed by atoms with Crippen molar-refractivity contribution in [2.45, 2.75) is 12.8 Å². The number of ether oxygens (including phenoxy) is 1. The summed E-state index contributed by atoms with van der Waals surface area (Å²) in [5, 5.41) is 0.499. The predicted molar refractivity (Wildman–Crippen MR) is 94.7 cm³/mol. The number of carbonyl (C=O) groups excluding carboxylic acids is 1. The molecular formula is C20H15ClFNO3. The van der Waals surface area contributed by atoms with Gasteiger partial charge in [-0.3, -0.25) is 4.79 Å². The minimum atomic E-state index is -0.324. The number of rotatable bonds is 4. The Kier molecular flexibility index (Phi) is 4.47. The highest BCUT2D eigenvalue weighted by molar-refractivity contribution is 6.33. The molecule has 0 saturated carbocycles. The van der Waals surface area contributed by atoms with Gasteiger partial charge >= 0.3 is 0 Å². The number of ketones is 1. The van der Waals surface area contributed by atoms with Crippen molar-refractivity contribution in [3.63, 3.8) is 0 Å². The summed E-state index contributed by atoms with van der Waals surface area (Å²) in [6.07, 6.45) is 3.65. The van der Waals surface area contributed by atoms with Gasteiger partial charge in [0.05, 0.1) is 23.7 Å². The van der Waals surface area contributed by atoms with E-state index in [1.807, 2.05) is 12.1 Å². The lowest BCUT2D eigenvalue weighted by molar-refractivity contribution is -0.123. The molecule has 6 heteroatoms. The first kappa shape index (κ1) is 16.8. The predicted octanol–water partition coefficient (Wildman–Crippen LogP) is 4.50. The number of hydrogen-bond donors (Lipinski definition) is 0. The molecule has 1 aromatic heterocycles. The van der Waals surface area contributed by atoms with Crippen molar-refractivity contribution in [3.05, 3.63) is 71.0 Å². The standard InChI is InChI=1S/C20H15ClFNO3/c21-17-5-12(1-3-16(17)20-9-23-11-26-20)6-18(24)14-7-13-8-15(22)2-4-19(13)25-10-14/h1-5,8-9,11,14H,6-7,10H2. The van der Waals surface area contributed by atoms with E-state index in [1.165, 1.54) is 18.5 Å². The number of nitrogens with zero attached hydrogens (tertiary/aromatic N) is 1. The number of fused-ring (bicyclic) bond motifs is 1. The molecule has 3 aromatic rings. The van der Waals surface area contributed by atoms with E-state index in [0.29, 0.717) is 29.6 Å². The maximum atomic E-state index is 13.4. The Morgan fingerprint density at radius 2 is 2.15 bits per heavy atom. The van der Waals surface area contributed by atoms with Crippen LogP contribution in [-0.4, -0.2) is 17.4 Å². The van der Waals surface area contributed by atoms with Crippen LogP contribution in [0.4, 0.5) is 4.39 Å². The molecule has 0 radical (unpaired) electrons. The van der Waals surface area contributed by atoms with E-state index in [4.69, 9.17) is 20.8 Å². The SMILES string of the molecule is O=C(Cc1ccc(-c2cnco2)c(Cl)c1)C1COc2ccc(F)cc2C1. The van der Waals surface area contributed by atoms with Gasteiger partial charge in [-0.2, -0.15) is 0 Å². The Balaban J connectivity index is 1.48. The molecule has 1 unspecified atom stereocenters. The minimum absolute atomic E-state index is 0.0448. The van der Waals surface area contributed by atoms with E-state index in [0.717, 1.165) is 16.7 Å². The van der Waals surface area contributed by atoms with E-state index in [9.17, 15) is 9.18 Å². The molecule has 1 aliphatic heterocycles. The van der Waals surface area contributed by atoms with E-state index in [2.05, 4.69) is 4.98 Å². The normalized spacial score (nSPS) is 16.0. The Hall–Kier alpha value is -2.66. The third kappa shape index (κ3) is 3.35. The van der Waals surface area contributed by atoms with Crippen molar-refractivity contribution in [1.29, 1.82) is 0 Å². The van der Waals surface area contributed by atoms with Crippen LogP contribution < -0.4 is 4.74 Å². The van der Waals surface area contributed by atoms with Gasteiger partial charge in [0.25, 0.3) is 0 Å². The monoisotopic (exact) mass is 371 g/mol. The van der Waals surface area contributed by atoms with Crippen LogP contribution in [0.1, 0.15) is 11.1 Å². The third-order valence-corrected chi connectivity index (χ3v) is 4.81. The minimum Gasteiger partial charge on any atom is -0.493 e. The molecule has 132 valence electrons. The lowest BCUT2D eigenvalue weighted by atomic mass is 9.90. The molecular weight excluding hydrogens is 357 g/mol. The summed E-state index contributed by atoms with van der Waals surface area (Å²) >= 11 is 6.31. The molecule has 26 heavy (non-hydrogen) atoms. The summed E-state index contributed by atoms with van der Waals surface area (Å²) in [5.74, 6) is 0.651. The summed E-state index contributed by atoms with van der Waals surface area (Å²) in [5.41, 5.74) is 2.27. The van der Waals surface area contributed by atoms with Gasteiger partial charge in [0.15, 0.2) is 12.2 Å². The van der Waals surface area contributed by atoms with Crippen LogP contribution in [0.25, 0.3) is 11.3 Å². The van der Waals surface area contributed by atoms with Gasteiger partial charge < -0.3 is 9.15 Å². The Bertz CT molecular complexity index is 956. The number of halogens is 2. The van der Waals surface area contributed by atoms with Crippen molar-refractivity contribution in [1.82, 2.24) is 4.98 Å². The van der Waals surface area contributed by atoms with Crippen LogP contribution in [0.3, 0.4) is 0 Å². The quantitative estimate of drug-likeness (QED) is 0.677. The smallest absolute Gasteiger partial charge is 0.181 e. The second-order valence-electron chi connectivity index (χ2n) is 6.29. The van der Waals surface area contributed by atoms with Crippen LogP contribution in [0.15, 0.2) is 53.4 Å². The molecule has 1 aliphatic rings. The van der Waals surface area contributed by atoms with Gasteiger partial charge in [-0.25, -0.2) is 9.37 Å². The van der Waals surface area contributed by atoms with Crippen molar-refractivity contribution >= 4 is 17.4 Å². The maximum absolute atomic E-state index is 13.4. The topological polar surface area (TPSA) is 52.3 Å². The maximum Gasteiger partial charge on any atom is 0.181 e. The zero-order valence-corrected chi connectivity index (χ0v) is 14.5. The lowest BCUT2D eigenvalue weighted by Gasteiger charge is -2.24. The van der Waals surface area contributed by atoms with Crippen molar-refractivity contribution in [2.75, 3.05) is 6.61 Å². The molecule has 4 rings (SSSR count). The number of hydrogen-bond acceptors (Lipinski definition) is 4. The molecule has 0 aliphatic carbocycles. The fraction of sp³-hybridized carbons (Fsp3) is 0.200. The first-order valence-corrected chi connectivity index (χ1v) is 8.59. The van der Waals surface area contributed by atoms with Crippen LogP contribution in [0, 0.1) is 11.7 Å². The van der Waals surface area contributed by atoms with Crippen molar-refractivity contribution in [3.8, 4) is 17.1 Å². The van der Waals surface area contributed by atoms with Crippen LogP contribution in [0.2, 0.25) is 5.02 Å². The number of oxazole rings is 1.